The summed E-state index contributed by atoms with van der Waals surface area (Å²) in [6.07, 6.45) is -1.63. The molecule has 0 saturated carbocycles. The highest BCUT2D eigenvalue weighted by atomic mass is 19.4. The fraction of sp³-hybridized carbons (Fsp3) is 0.500. The second-order valence-corrected chi connectivity index (χ2v) is 6.52. The van der Waals surface area contributed by atoms with Gasteiger partial charge in [-0.1, -0.05) is 13.0 Å². The molecule has 3 rings (SSSR count). The Morgan fingerprint density at radius 1 is 1.29 bits per heavy atom. The predicted octanol–water partition coefficient (Wildman–Crippen LogP) is 4.03. The van der Waals surface area contributed by atoms with Gasteiger partial charge in [-0.15, -0.1) is 0 Å². The van der Waals surface area contributed by atoms with E-state index in [1.807, 2.05) is 6.07 Å². The third-order valence-electron chi connectivity index (χ3n) is 4.78. The molecule has 1 aromatic carbocycles. The Hall–Kier alpha value is -1.82. The van der Waals surface area contributed by atoms with Gasteiger partial charge in [0.25, 0.3) is 0 Å². The molecule has 1 atom stereocenters. The first-order chi connectivity index (χ1) is 11.4. The van der Waals surface area contributed by atoms with Crippen LogP contribution in [0.25, 0.3) is 10.9 Å². The van der Waals surface area contributed by atoms with Crippen molar-refractivity contribution in [3.63, 3.8) is 0 Å². The summed E-state index contributed by atoms with van der Waals surface area (Å²) in [7, 11) is 2.11. The summed E-state index contributed by atoms with van der Waals surface area (Å²) in [6.45, 7) is 6.08. The van der Waals surface area contributed by atoms with E-state index >= 15 is 0 Å². The predicted molar refractivity (Wildman–Crippen MR) is 90.2 cm³/mol. The highest BCUT2D eigenvalue weighted by molar-refractivity contribution is 5.92. The summed E-state index contributed by atoms with van der Waals surface area (Å²) < 4.78 is 38.6. The summed E-state index contributed by atoms with van der Waals surface area (Å²) in [5.41, 5.74) is 0.732. The van der Waals surface area contributed by atoms with E-state index < -0.39 is 11.7 Å². The lowest BCUT2D eigenvalue weighted by Gasteiger charge is -2.22. The van der Waals surface area contributed by atoms with E-state index in [-0.39, 0.29) is 0 Å². The van der Waals surface area contributed by atoms with E-state index in [0.29, 0.717) is 11.4 Å². The molecule has 130 valence electrons. The summed E-state index contributed by atoms with van der Waals surface area (Å²) in [5, 5.41) is 0.787. The topological polar surface area (TPSA) is 19.4 Å². The average molecular weight is 337 g/mol. The molecule has 0 N–H and O–H groups in total. The van der Waals surface area contributed by atoms with Gasteiger partial charge in [0.05, 0.1) is 11.1 Å². The van der Waals surface area contributed by atoms with E-state index in [0.717, 1.165) is 55.8 Å². The van der Waals surface area contributed by atoms with E-state index in [1.165, 1.54) is 0 Å². The monoisotopic (exact) mass is 337 g/mol. The number of anilines is 1. The second-order valence-electron chi connectivity index (χ2n) is 6.52. The van der Waals surface area contributed by atoms with Crippen LogP contribution in [0.15, 0.2) is 30.5 Å². The van der Waals surface area contributed by atoms with Crippen LogP contribution < -0.4 is 4.90 Å². The summed E-state index contributed by atoms with van der Waals surface area (Å²) in [4.78, 5) is 8.70. The van der Waals surface area contributed by atoms with Crippen LogP contribution in [0.3, 0.4) is 0 Å². The van der Waals surface area contributed by atoms with Crippen molar-refractivity contribution in [2.75, 3.05) is 38.1 Å². The van der Waals surface area contributed by atoms with Crippen LogP contribution in [-0.2, 0) is 6.18 Å². The maximum Gasteiger partial charge on any atom is 0.416 e. The number of hydrogen-bond donors (Lipinski definition) is 0. The first-order valence-corrected chi connectivity index (χ1v) is 8.28. The molecule has 3 nitrogen and oxygen atoms in total. The van der Waals surface area contributed by atoms with Gasteiger partial charge in [-0.3, -0.25) is 4.98 Å². The Balaban J connectivity index is 1.85. The van der Waals surface area contributed by atoms with Gasteiger partial charge in [0.1, 0.15) is 0 Å². The lowest BCUT2D eigenvalue weighted by Crippen LogP contribution is -2.28. The maximum atomic E-state index is 12.9. The minimum atomic E-state index is -4.34. The Labute approximate surface area is 140 Å². The maximum absolute atomic E-state index is 12.9. The van der Waals surface area contributed by atoms with Gasteiger partial charge in [0.15, 0.2) is 0 Å². The molecular formula is C18H22F3N3. The van der Waals surface area contributed by atoms with Crippen molar-refractivity contribution < 1.29 is 13.2 Å². The SMILES string of the molecule is CCN(C)CC1CCN(c2ccnc3cc(C(F)(F)F)ccc23)C1. The number of fused-ring (bicyclic) bond motifs is 1. The van der Waals surface area contributed by atoms with Crippen LogP contribution in [0.5, 0.6) is 0 Å². The van der Waals surface area contributed by atoms with Crippen LogP contribution in [0, 0.1) is 5.92 Å². The standard InChI is InChI=1S/C18H22F3N3/c1-3-23(2)11-13-7-9-24(12-13)17-6-8-22-16-10-14(18(19,20)21)4-5-15(16)17/h4-6,8,10,13H,3,7,9,11-12H2,1-2H3. The Bertz CT molecular complexity index is 714. The van der Waals surface area contributed by atoms with Crippen LogP contribution >= 0.6 is 0 Å². The van der Waals surface area contributed by atoms with Crippen LogP contribution in [0.1, 0.15) is 18.9 Å². The zero-order chi connectivity index (χ0) is 17.3. The number of hydrogen-bond acceptors (Lipinski definition) is 3. The van der Waals surface area contributed by atoms with E-state index in [1.54, 1.807) is 12.3 Å². The number of benzene rings is 1. The number of nitrogens with zero attached hydrogens (tertiary/aromatic N) is 3. The van der Waals surface area contributed by atoms with Crippen molar-refractivity contribution in [3.05, 3.63) is 36.0 Å². The molecular weight excluding hydrogens is 315 g/mol. The van der Waals surface area contributed by atoms with Crippen molar-refractivity contribution in [1.82, 2.24) is 9.88 Å². The quantitative estimate of drug-likeness (QED) is 0.840. The molecule has 1 fully saturated rings. The zero-order valence-electron chi connectivity index (χ0n) is 14.0. The molecule has 24 heavy (non-hydrogen) atoms. The number of rotatable bonds is 4. The van der Waals surface area contributed by atoms with E-state index in [9.17, 15) is 13.2 Å². The minimum absolute atomic E-state index is 0.399. The van der Waals surface area contributed by atoms with Gasteiger partial charge in [0.2, 0.25) is 0 Å². The van der Waals surface area contributed by atoms with Crippen molar-refractivity contribution in [3.8, 4) is 0 Å². The van der Waals surface area contributed by atoms with Crippen molar-refractivity contribution in [2.45, 2.75) is 19.5 Å². The highest BCUT2D eigenvalue weighted by Crippen LogP contribution is 2.35. The molecule has 0 spiro atoms. The Morgan fingerprint density at radius 3 is 2.79 bits per heavy atom. The number of alkyl halides is 3. The van der Waals surface area contributed by atoms with Gasteiger partial charge in [-0.25, -0.2) is 0 Å². The smallest absolute Gasteiger partial charge is 0.371 e. The fourth-order valence-electron chi connectivity index (χ4n) is 3.36. The van der Waals surface area contributed by atoms with Crippen LogP contribution in [-0.4, -0.2) is 43.1 Å². The summed E-state index contributed by atoms with van der Waals surface area (Å²) in [6, 6.07) is 5.73. The molecule has 1 saturated heterocycles. The van der Waals surface area contributed by atoms with Crippen LogP contribution in [0.2, 0.25) is 0 Å². The third-order valence-corrected chi connectivity index (χ3v) is 4.78. The normalized spacial score (nSPS) is 18.8. The van der Waals surface area contributed by atoms with Crippen LogP contribution in [0.4, 0.5) is 18.9 Å². The second kappa shape index (κ2) is 6.59. The van der Waals surface area contributed by atoms with Gasteiger partial charge in [-0.2, -0.15) is 13.2 Å². The minimum Gasteiger partial charge on any atom is -0.371 e. The highest BCUT2D eigenvalue weighted by Gasteiger charge is 2.31. The lowest BCUT2D eigenvalue weighted by molar-refractivity contribution is -0.137. The Morgan fingerprint density at radius 2 is 2.08 bits per heavy atom. The first kappa shape index (κ1) is 17.0. The van der Waals surface area contributed by atoms with E-state index in [2.05, 4.69) is 28.8 Å². The van der Waals surface area contributed by atoms with Gasteiger partial charge < -0.3 is 9.80 Å². The van der Waals surface area contributed by atoms with Crippen molar-refractivity contribution in [2.24, 2.45) is 5.92 Å². The molecule has 0 aliphatic carbocycles. The summed E-state index contributed by atoms with van der Waals surface area (Å²) in [5.74, 6) is 0.590. The molecule has 1 unspecified atom stereocenters. The molecule has 0 amide bonds. The fourth-order valence-corrected chi connectivity index (χ4v) is 3.36. The first-order valence-electron chi connectivity index (χ1n) is 8.28. The number of pyridine rings is 1. The van der Waals surface area contributed by atoms with Crippen molar-refractivity contribution in [1.29, 1.82) is 0 Å². The lowest BCUT2D eigenvalue weighted by atomic mass is 10.1. The molecule has 1 aromatic heterocycles. The Kier molecular flexibility index (Phi) is 4.67. The molecule has 1 aliphatic heterocycles. The van der Waals surface area contributed by atoms with Gasteiger partial charge in [0, 0.05) is 36.9 Å². The molecule has 0 bridgehead atoms. The van der Waals surface area contributed by atoms with Gasteiger partial charge >= 0.3 is 6.18 Å². The molecule has 1 aliphatic rings. The van der Waals surface area contributed by atoms with Gasteiger partial charge in [-0.05, 0) is 44.1 Å². The molecule has 6 heteroatoms. The molecule has 0 radical (unpaired) electrons. The molecule has 2 aromatic rings. The number of aromatic nitrogens is 1. The largest absolute Gasteiger partial charge is 0.416 e. The third kappa shape index (κ3) is 3.48. The zero-order valence-corrected chi connectivity index (χ0v) is 14.0. The average Bonchev–Trinajstić information content (AvgIpc) is 3.01. The summed E-state index contributed by atoms with van der Waals surface area (Å²) >= 11 is 0. The number of halogens is 3. The molecule has 2 heterocycles. The van der Waals surface area contributed by atoms with E-state index in [4.69, 9.17) is 0 Å². The van der Waals surface area contributed by atoms with Crippen molar-refractivity contribution >= 4 is 16.6 Å².